The highest BCUT2D eigenvalue weighted by Crippen LogP contribution is 2.22. The number of carbonyl (C=O) groups excluding carboxylic acids is 1. The number of carbonyl (C=O) groups is 1. The van der Waals surface area contributed by atoms with Gasteiger partial charge in [0.1, 0.15) is 5.01 Å². The molecule has 3 rings (SSSR count). The van der Waals surface area contributed by atoms with Crippen molar-refractivity contribution in [2.45, 2.75) is 13.5 Å². The Morgan fingerprint density at radius 2 is 2.08 bits per heavy atom. The average Bonchev–Trinajstić information content (AvgIpc) is 2.92. The van der Waals surface area contributed by atoms with E-state index in [2.05, 4.69) is 16.4 Å². The molecule has 0 radical (unpaired) electrons. The van der Waals surface area contributed by atoms with Crippen LogP contribution < -0.4 is 5.32 Å². The minimum atomic E-state index is -0.0708. The Hall–Kier alpha value is -1.95. The highest BCUT2D eigenvalue weighted by Gasteiger charge is 2.11. The zero-order valence-electron chi connectivity index (χ0n) is 13.5. The molecule has 1 N–H and O–H groups in total. The van der Waals surface area contributed by atoms with Gasteiger partial charge in [-0.05, 0) is 43.8 Å². The summed E-state index contributed by atoms with van der Waals surface area (Å²) in [5.41, 5.74) is 2.70. The van der Waals surface area contributed by atoms with Gasteiger partial charge in [-0.3, -0.25) is 9.69 Å². The van der Waals surface area contributed by atoms with Crippen LogP contribution in [0.3, 0.4) is 0 Å². The summed E-state index contributed by atoms with van der Waals surface area (Å²) in [4.78, 5) is 18.7. The molecule has 24 heavy (non-hydrogen) atoms. The van der Waals surface area contributed by atoms with Gasteiger partial charge >= 0.3 is 0 Å². The maximum Gasteiger partial charge on any atom is 0.238 e. The van der Waals surface area contributed by atoms with Crippen LogP contribution in [0.25, 0.3) is 10.2 Å². The van der Waals surface area contributed by atoms with E-state index in [9.17, 15) is 4.79 Å². The van der Waals surface area contributed by atoms with Crippen LogP contribution in [0.2, 0.25) is 5.02 Å². The SMILES string of the molecule is Cc1ccc(NC(=O)CN(C)Cc2nc3ccccc3s2)cc1Cl. The van der Waals surface area contributed by atoms with E-state index < -0.39 is 0 Å². The van der Waals surface area contributed by atoms with Gasteiger partial charge in [0.15, 0.2) is 0 Å². The van der Waals surface area contributed by atoms with Crippen LogP contribution in [0.5, 0.6) is 0 Å². The number of aromatic nitrogens is 1. The van der Waals surface area contributed by atoms with Crippen LogP contribution in [-0.2, 0) is 11.3 Å². The molecule has 3 aromatic rings. The van der Waals surface area contributed by atoms with E-state index in [4.69, 9.17) is 11.6 Å². The molecule has 1 aromatic heterocycles. The molecule has 0 saturated carbocycles. The first kappa shape index (κ1) is 16.9. The lowest BCUT2D eigenvalue weighted by Gasteiger charge is -2.15. The van der Waals surface area contributed by atoms with Gasteiger partial charge in [0.25, 0.3) is 0 Å². The van der Waals surface area contributed by atoms with Crippen molar-refractivity contribution in [2.24, 2.45) is 0 Å². The van der Waals surface area contributed by atoms with Crippen molar-refractivity contribution in [3.05, 3.63) is 58.1 Å². The quantitative estimate of drug-likeness (QED) is 0.737. The first-order chi connectivity index (χ1) is 11.5. The number of aryl methyl sites for hydroxylation is 1. The van der Waals surface area contributed by atoms with Crippen LogP contribution in [0.4, 0.5) is 5.69 Å². The minimum Gasteiger partial charge on any atom is -0.325 e. The van der Waals surface area contributed by atoms with Crippen LogP contribution in [0.1, 0.15) is 10.6 Å². The van der Waals surface area contributed by atoms with Gasteiger partial charge in [0, 0.05) is 10.7 Å². The van der Waals surface area contributed by atoms with Gasteiger partial charge < -0.3 is 5.32 Å². The molecule has 0 fully saturated rings. The molecule has 6 heteroatoms. The number of rotatable bonds is 5. The Labute approximate surface area is 150 Å². The Balaban J connectivity index is 1.58. The fourth-order valence-electron chi connectivity index (χ4n) is 2.39. The van der Waals surface area contributed by atoms with Gasteiger partial charge in [-0.1, -0.05) is 29.8 Å². The van der Waals surface area contributed by atoms with Crippen LogP contribution in [0, 0.1) is 6.92 Å². The zero-order valence-corrected chi connectivity index (χ0v) is 15.1. The van der Waals surface area contributed by atoms with Crippen molar-refractivity contribution in [3.8, 4) is 0 Å². The van der Waals surface area contributed by atoms with Gasteiger partial charge in [0.05, 0.1) is 23.3 Å². The van der Waals surface area contributed by atoms with Crippen molar-refractivity contribution in [2.75, 3.05) is 18.9 Å². The molecule has 1 amide bonds. The highest BCUT2D eigenvalue weighted by atomic mass is 35.5. The summed E-state index contributed by atoms with van der Waals surface area (Å²) in [6.07, 6.45) is 0. The lowest BCUT2D eigenvalue weighted by atomic mass is 10.2. The number of amides is 1. The molecule has 0 saturated heterocycles. The number of nitrogens with zero attached hydrogens (tertiary/aromatic N) is 2. The van der Waals surface area contributed by atoms with E-state index in [1.165, 1.54) is 4.70 Å². The number of fused-ring (bicyclic) bond motifs is 1. The molecule has 0 bridgehead atoms. The molecule has 0 unspecified atom stereocenters. The second-order valence-electron chi connectivity index (χ2n) is 5.76. The summed E-state index contributed by atoms with van der Waals surface area (Å²) in [5.74, 6) is -0.0708. The van der Waals surface area contributed by atoms with Crippen molar-refractivity contribution in [1.82, 2.24) is 9.88 Å². The zero-order chi connectivity index (χ0) is 17.1. The molecule has 0 aliphatic heterocycles. The maximum atomic E-state index is 12.2. The molecule has 0 atom stereocenters. The Morgan fingerprint density at radius 3 is 2.83 bits per heavy atom. The summed E-state index contributed by atoms with van der Waals surface area (Å²) >= 11 is 7.74. The summed E-state index contributed by atoms with van der Waals surface area (Å²) in [7, 11) is 1.91. The third kappa shape index (κ3) is 4.12. The molecule has 124 valence electrons. The summed E-state index contributed by atoms with van der Waals surface area (Å²) in [5, 5.41) is 4.52. The molecule has 0 aliphatic rings. The van der Waals surface area contributed by atoms with Crippen LogP contribution in [-0.4, -0.2) is 29.4 Å². The second-order valence-corrected chi connectivity index (χ2v) is 7.28. The Bertz CT molecular complexity index is 845. The fraction of sp³-hybridized carbons (Fsp3) is 0.222. The molecule has 0 spiro atoms. The van der Waals surface area contributed by atoms with E-state index in [1.807, 2.05) is 49.2 Å². The van der Waals surface area contributed by atoms with Crippen LogP contribution >= 0.6 is 22.9 Å². The number of benzene rings is 2. The van der Waals surface area contributed by atoms with Gasteiger partial charge in [-0.2, -0.15) is 0 Å². The third-order valence-corrected chi connectivity index (χ3v) is 5.04. The van der Waals surface area contributed by atoms with Crippen molar-refractivity contribution in [1.29, 1.82) is 0 Å². The summed E-state index contributed by atoms with van der Waals surface area (Å²) in [6.45, 7) is 2.86. The Kier molecular flexibility index (Phi) is 5.14. The molecule has 0 aliphatic carbocycles. The molecular weight excluding hydrogens is 342 g/mol. The van der Waals surface area contributed by atoms with Gasteiger partial charge in [-0.25, -0.2) is 4.98 Å². The largest absolute Gasteiger partial charge is 0.325 e. The standard InChI is InChI=1S/C18H18ClN3OS/c1-12-7-8-13(9-14(12)19)20-17(23)10-22(2)11-18-21-15-5-3-4-6-16(15)24-18/h3-9H,10-11H2,1-2H3,(H,20,23). The van der Waals surface area contributed by atoms with Gasteiger partial charge in [0.2, 0.25) is 5.91 Å². The van der Waals surface area contributed by atoms with E-state index in [0.29, 0.717) is 23.8 Å². The molecule has 4 nitrogen and oxygen atoms in total. The Morgan fingerprint density at radius 1 is 1.29 bits per heavy atom. The van der Waals surface area contributed by atoms with Crippen molar-refractivity contribution >= 4 is 44.7 Å². The molecular formula is C18H18ClN3OS. The summed E-state index contributed by atoms with van der Waals surface area (Å²) in [6, 6.07) is 13.6. The second kappa shape index (κ2) is 7.30. The predicted molar refractivity (Wildman–Crippen MR) is 101 cm³/mol. The first-order valence-corrected chi connectivity index (χ1v) is 8.80. The predicted octanol–water partition coefficient (Wildman–Crippen LogP) is 4.33. The number of nitrogens with one attached hydrogen (secondary N) is 1. The number of halogens is 1. The lowest BCUT2D eigenvalue weighted by molar-refractivity contribution is -0.117. The van der Waals surface area contributed by atoms with E-state index in [-0.39, 0.29) is 5.91 Å². The van der Waals surface area contributed by atoms with Crippen molar-refractivity contribution in [3.63, 3.8) is 0 Å². The fourth-order valence-corrected chi connectivity index (χ4v) is 3.62. The topological polar surface area (TPSA) is 45.2 Å². The maximum absolute atomic E-state index is 12.2. The van der Waals surface area contributed by atoms with Crippen LogP contribution in [0.15, 0.2) is 42.5 Å². The lowest BCUT2D eigenvalue weighted by Crippen LogP contribution is -2.29. The van der Waals surface area contributed by atoms with E-state index >= 15 is 0 Å². The number of hydrogen-bond acceptors (Lipinski definition) is 4. The third-order valence-electron chi connectivity index (χ3n) is 3.61. The highest BCUT2D eigenvalue weighted by molar-refractivity contribution is 7.18. The number of anilines is 1. The normalized spacial score (nSPS) is 11.2. The number of thiazole rings is 1. The monoisotopic (exact) mass is 359 g/mol. The van der Waals surface area contributed by atoms with Crippen molar-refractivity contribution < 1.29 is 4.79 Å². The molecule has 1 heterocycles. The number of likely N-dealkylation sites (N-methyl/N-ethyl adjacent to an activating group) is 1. The molecule has 2 aromatic carbocycles. The van der Waals surface area contributed by atoms with Gasteiger partial charge in [-0.15, -0.1) is 11.3 Å². The number of hydrogen-bond donors (Lipinski definition) is 1. The van der Waals surface area contributed by atoms with E-state index in [0.717, 1.165) is 16.1 Å². The minimum absolute atomic E-state index is 0.0708. The first-order valence-electron chi connectivity index (χ1n) is 7.60. The van der Waals surface area contributed by atoms with E-state index in [1.54, 1.807) is 17.4 Å². The number of para-hydroxylation sites is 1. The summed E-state index contributed by atoms with van der Waals surface area (Å²) < 4.78 is 1.17. The average molecular weight is 360 g/mol. The smallest absolute Gasteiger partial charge is 0.238 e.